The lowest BCUT2D eigenvalue weighted by Crippen LogP contribution is -2.42. The van der Waals surface area contributed by atoms with Crippen LogP contribution >= 0.6 is 0 Å². The summed E-state index contributed by atoms with van der Waals surface area (Å²) in [6.45, 7) is 1.36. The van der Waals surface area contributed by atoms with E-state index in [-0.39, 0.29) is 18.5 Å². The van der Waals surface area contributed by atoms with Crippen molar-refractivity contribution in [2.75, 3.05) is 40.9 Å². The number of H-pyrrole nitrogens is 1. The van der Waals surface area contributed by atoms with Crippen LogP contribution < -0.4 is 20.1 Å². The second kappa shape index (κ2) is 10.3. The first-order valence-electron chi connectivity index (χ1n) is 11.2. The quantitative estimate of drug-likeness (QED) is 0.381. The summed E-state index contributed by atoms with van der Waals surface area (Å²) in [5, 5.41) is 8.00. The Morgan fingerprint density at radius 3 is 2.91 bits per heavy atom. The standard InChI is InChI=1S/C25H31N5O3/c1-30(2)23(31)16-28-25(29-19-12-14-33-21-9-5-4-7-18(19)21)26-13-11-17-15-27-20-8-6-10-22(32-3)24(17)20/h4-10,15,19,27H,11-14,16H2,1-3H3,(H2,26,28,29). The van der Waals surface area contributed by atoms with E-state index < -0.39 is 0 Å². The summed E-state index contributed by atoms with van der Waals surface area (Å²) in [7, 11) is 5.15. The van der Waals surface area contributed by atoms with Crippen LogP contribution in [-0.2, 0) is 11.2 Å². The number of methoxy groups -OCH3 is 1. The van der Waals surface area contributed by atoms with Crippen molar-refractivity contribution in [3.05, 3.63) is 59.8 Å². The van der Waals surface area contributed by atoms with Crippen molar-refractivity contribution in [3.63, 3.8) is 0 Å². The molecule has 1 aliphatic heterocycles. The lowest BCUT2D eigenvalue weighted by Gasteiger charge is -2.28. The molecule has 0 fully saturated rings. The Labute approximate surface area is 194 Å². The summed E-state index contributed by atoms with van der Waals surface area (Å²) >= 11 is 0. The summed E-state index contributed by atoms with van der Waals surface area (Å²) in [5.41, 5.74) is 3.31. The van der Waals surface area contributed by atoms with Gasteiger partial charge in [-0.25, -0.2) is 4.99 Å². The molecule has 3 aromatic rings. The molecular formula is C25H31N5O3. The average molecular weight is 450 g/mol. The first-order chi connectivity index (χ1) is 16.1. The number of aromatic amines is 1. The van der Waals surface area contributed by atoms with E-state index in [1.165, 1.54) is 0 Å². The van der Waals surface area contributed by atoms with Crippen molar-refractivity contribution in [2.24, 2.45) is 4.99 Å². The number of aromatic nitrogens is 1. The van der Waals surface area contributed by atoms with Crippen LogP contribution in [0.25, 0.3) is 10.9 Å². The fourth-order valence-corrected chi connectivity index (χ4v) is 4.00. The second-order valence-corrected chi connectivity index (χ2v) is 8.20. The van der Waals surface area contributed by atoms with Crippen molar-refractivity contribution in [2.45, 2.75) is 18.9 Å². The van der Waals surface area contributed by atoms with Crippen molar-refractivity contribution < 1.29 is 14.3 Å². The number of carbonyl (C=O) groups is 1. The minimum absolute atomic E-state index is 0.0511. The fourth-order valence-electron chi connectivity index (χ4n) is 4.00. The molecule has 0 aliphatic carbocycles. The highest BCUT2D eigenvalue weighted by Gasteiger charge is 2.22. The molecule has 1 aromatic heterocycles. The first kappa shape index (κ1) is 22.5. The van der Waals surface area contributed by atoms with E-state index in [1.807, 2.05) is 42.6 Å². The highest BCUT2D eigenvalue weighted by atomic mass is 16.5. The summed E-state index contributed by atoms with van der Waals surface area (Å²) in [6, 6.07) is 14.1. The molecule has 0 bridgehead atoms. The Kier molecular flexibility index (Phi) is 7.02. The lowest BCUT2D eigenvalue weighted by atomic mass is 10.0. The molecule has 0 spiro atoms. The van der Waals surface area contributed by atoms with E-state index in [2.05, 4.69) is 26.7 Å². The molecule has 2 aromatic carbocycles. The molecule has 1 atom stereocenters. The van der Waals surface area contributed by atoms with E-state index in [9.17, 15) is 4.79 Å². The Morgan fingerprint density at radius 1 is 1.24 bits per heavy atom. The van der Waals surface area contributed by atoms with Gasteiger partial charge in [0.1, 0.15) is 18.0 Å². The highest BCUT2D eigenvalue weighted by molar-refractivity contribution is 5.89. The molecule has 1 unspecified atom stereocenters. The van der Waals surface area contributed by atoms with Gasteiger partial charge in [0.25, 0.3) is 0 Å². The lowest BCUT2D eigenvalue weighted by molar-refractivity contribution is -0.127. The maximum atomic E-state index is 12.1. The summed E-state index contributed by atoms with van der Waals surface area (Å²) in [5.74, 6) is 2.30. The van der Waals surface area contributed by atoms with Crippen LogP contribution in [0.2, 0.25) is 0 Å². The largest absolute Gasteiger partial charge is 0.496 e. The molecule has 33 heavy (non-hydrogen) atoms. The van der Waals surface area contributed by atoms with Gasteiger partial charge in [-0.3, -0.25) is 4.79 Å². The van der Waals surface area contributed by atoms with Crippen LogP contribution in [0, 0.1) is 0 Å². The van der Waals surface area contributed by atoms with Crippen LogP contribution in [-0.4, -0.2) is 62.7 Å². The molecular weight excluding hydrogens is 418 g/mol. The van der Waals surface area contributed by atoms with Gasteiger partial charge >= 0.3 is 0 Å². The molecule has 2 heterocycles. The van der Waals surface area contributed by atoms with Gasteiger partial charge in [-0.05, 0) is 30.2 Å². The number of hydrogen-bond donors (Lipinski definition) is 3. The number of carbonyl (C=O) groups excluding carboxylic acids is 1. The zero-order valence-corrected chi connectivity index (χ0v) is 19.4. The third kappa shape index (κ3) is 5.22. The predicted octanol–water partition coefficient (Wildman–Crippen LogP) is 2.87. The van der Waals surface area contributed by atoms with Crippen molar-refractivity contribution in [1.29, 1.82) is 0 Å². The third-order valence-corrected chi connectivity index (χ3v) is 5.80. The number of hydrogen-bond acceptors (Lipinski definition) is 4. The number of para-hydroxylation sites is 1. The van der Waals surface area contributed by atoms with Gasteiger partial charge < -0.3 is 30.0 Å². The van der Waals surface area contributed by atoms with Crippen molar-refractivity contribution >= 4 is 22.8 Å². The highest BCUT2D eigenvalue weighted by Crippen LogP contribution is 2.31. The number of fused-ring (bicyclic) bond motifs is 2. The molecule has 0 saturated heterocycles. The zero-order chi connectivity index (χ0) is 23.2. The minimum Gasteiger partial charge on any atom is -0.496 e. The SMILES string of the molecule is COc1cccc2[nH]cc(CCNC(=NCC(=O)N(C)C)NC3CCOc4ccccc43)c12. The maximum Gasteiger partial charge on any atom is 0.243 e. The maximum absolute atomic E-state index is 12.1. The van der Waals surface area contributed by atoms with E-state index in [0.29, 0.717) is 19.1 Å². The van der Waals surface area contributed by atoms with Crippen LogP contribution in [0.1, 0.15) is 23.6 Å². The van der Waals surface area contributed by atoms with Gasteiger partial charge in [0.2, 0.25) is 5.91 Å². The van der Waals surface area contributed by atoms with E-state index in [0.717, 1.165) is 46.4 Å². The summed E-state index contributed by atoms with van der Waals surface area (Å²) in [6.07, 6.45) is 3.61. The number of guanidine groups is 1. The molecule has 0 radical (unpaired) electrons. The molecule has 174 valence electrons. The van der Waals surface area contributed by atoms with Crippen molar-refractivity contribution in [3.8, 4) is 11.5 Å². The Morgan fingerprint density at radius 2 is 2.09 bits per heavy atom. The van der Waals surface area contributed by atoms with Gasteiger partial charge in [0.05, 0.1) is 19.8 Å². The van der Waals surface area contributed by atoms with Crippen LogP contribution in [0.5, 0.6) is 11.5 Å². The van der Waals surface area contributed by atoms with Gasteiger partial charge in [-0.2, -0.15) is 0 Å². The van der Waals surface area contributed by atoms with Gasteiger partial charge in [-0.15, -0.1) is 0 Å². The van der Waals surface area contributed by atoms with Crippen LogP contribution in [0.4, 0.5) is 0 Å². The predicted molar refractivity (Wildman–Crippen MR) is 130 cm³/mol. The van der Waals surface area contributed by atoms with Gasteiger partial charge in [0.15, 0.2) is 5.96 Å². The molecule has 0 saturated carbocycles. The first-order valence-corrected chi connectivity index (χ1v) is 11.2. The zero-order valence-electron chi connectivity index (χ0n) is 19.4. The van der Waals surface area contributed by atoms with Gasteiger partial charge in [-0.1, -0.05) is 24.3 Å². The Bertz CT molecular complexity index is 1140. The Balaban J connectivity index is 1.48. The number of rotatable bonds is 7. The van der Waals surface area contributed by atoms with E-state index in [1.54, 1.807) is 26.1 Å². The van der Waals surface area contributed by atoms with E-state index >= 15 is 0 Å². The minimum atomic E-state index is -0.0511. The second-order valence-electron chi connectivity index (χ2n) is 8.20. The average Bonchev–Trinajstić information content (AvgIpc) is 3.25. The topological polar surface area (TPSA) is 91.0 Å². The number of amides is 1. The van der Waals surface area contributed by atoms with Crippen molar-refractivity contribution in [1.82, 2.24) is 20.5 Å². The monoisotopic (exact) mass is 449 g/mol. The van der Waals surface area contributed by atoms with Crippen LogP contribution in [0.15, 0.2) is 53.7 Å². The smallest absolute Gasteiger partial charge is 0.243 e. The van der Waals surface area contributed by atoms with Crippen LogP contribution in [0.3, 0.4) is 0 Å². The molecule has 4 rings (SSSR count). The molecule has 8 heteroatoms. The number of nitrogens with zero attached hydrogens (tertiary/aromatic N) is 2. The summed E-state index contributed by atoms with van der Waals surface area (Å²) in [4.78, 5) is 21.6. The molecule has 1 amide bonds. The number of nitrogens with one attached hydrogen (secondary N) is 3. The molecule has 1 aliphatic rings. The fraction of sp³-hybridized carbons (Fsp3) is 0.360. The molecule has 8 nitrogen and oxygen atoms in total. The molecule has 3 N–H and O–H groups in total. The summed E-state index contributed by atoms with van der Waals surface area (Å²) < 4.78 is 11.3. The normalized spacial score (nSPS) is 15.5. The third-order valence-electron chi connectivity index (χ3n) is 5.80. The van der Waals surface area contributed by atoms with Gasteiger partial charge in [0, 0.05) is 49.7 Å². The Hall–Kier alpha value is -3.68. The number of likely N-dealkylation sites (N-methyl/N-ethyl adjacent to an activating group) is 1. The number of ether oxygens (including phenoxy) is 2. The number of benzene rings is 2. The van der Waals surface area contributed by atoms with E-state index in [4.69, 9.17) is 9.47 Å². The number of aliphatic imine (C=N–C) groups is 1.